The molecule has 0 saturated heterocycles. The second kappa shape index (κ2) is 10.6. The fourth-order valence-electron chi connectivity index (χ4n) is 2.75. The van der Waals surface area contributed by atoms with E-state index >= 15 is 0 Å². The fourth-order valence-corrected chi connectivity index (χ4v) is 2.75. The number of para-hydroxylation sites is 1. The van der Waals surface area contributed by atoms with Crippen molar-refractivity contribution in [3.05, 3.63) is 56.7 Å². The third-order valence-corrected chi connectivity index (χ3v) is 4.36. The van der Waals surface area contributed by atoms with Crippen molar-refractivity contribution in [3.8, 4) is 5.69 Å². The van der Waals surface area contributed by atoms with E-state index in [-0.39, 0.29) is 17.1 Å². The minimum Gasteiger partial charge on any atom is -0.385 e. The Bertz CT molecular complexity index is 799. The Labute approximate surface area is 155 Å². The molecule has 0 aliphatic carbocycles. The molecule has 1 aromatic heterocycles. The standard InChI is InChI=1S/C14H17N3O2.C6H15N/c1-3-8-16-13(18)9-12(15)17(14(16)19)11-7-5-4-6-10(11)2;1-4-7(5-2)6-3/h4-7,9H,3,8,15H2,1-2H3;4-6H2,1-3H3. The molecule has 2 rings (SSSR count). The minimum atomic E-state index is -0.388. The molecule has 6 nitrogen and oxygen atoms in total. The zero-order chi connectivity index (χ0) is 19.7. The summed E-state index contributed by atoms with van der Waals surface area (Å²) in [7, 11) is 0. The lowest BCUT2D eigenvalue weighted by atomic mass is 10.2. The Balaban J connectivity index is 0.000000412. The summed E-state index contributed by atoms with van der Waals surface area (Å²) in [5, 5.41) is 0. The number of nitrogen functional groups attached to an aromatic ring is 1. The molecule has 2 aromatic rings. The predicted octanol–water partition coefficient (Wildman–Crippen LogP) is 2.65. The van der Waals surface area contributed by atoms with Crippen LogP contribution in [0.5, 0.6) is 0 Å². The maximum Gasteiger partial charge on any atom is 0.337 e. The van der Waals surface area contributed by atoms with Gasteiger partial charge in [0.15, 0.2) is 0 Å². The average molecular weight is 361 g/mol. The molecule has 0 atom stereocenters. The first-order valence-electron chi connectivity index (χ1n) is 9.31. The maximum absolute atomic E-state index is 12.4. The van der Waals surface area contributed by atoms with Gasteiger partial charge in [-0.05, 0) is 44.6 Å². The number of nitrogens with zero attached hydrogens (tertiary/aromatic N) is 3. The molecule has 6 heteroatoms. The van der Waals surface area contributed by atoms with Crippen LogP contribution in [0.25, 0.3) is 5.69 Å². The highest BCUT2D eigenvalue weighted by Gasteiger charge is 2.11. The number of nitrogens with two attached hydrogens (primary N) is 1. The van der Waals surface area contributed by atoms with Crippen LogP contribution >= 0.6 is 0 Å². The molecule has 0 aliphatic rings. The van der Waals surface area contributed by atoms with Crippen LogP contribution in [0.4, 0.5) is 5.82 Å². The number of anilines is 1. The second-order valence-electron chi connectivity index (χ2n) is 6.08. The van der Waals surface area contributed by atoms with E-state index in [1.165, 1.54) is 34.8 Å². The van der Waals surface area contributed by atoms with Crippen LogP contribution in [-0.4, -0.2) is 33.7 Å². The van der Waals surface area contributed by atoms with Crippen LogP contribution in [-0.2, 0) is 6.54 Å². The first-order valence-corrected chi connectivity index (χ1v) is 9.31. The fraction of sp³-hybridized carbons (Fsp3) is 0.500. The molecule has 0 aliphatic heterocycles. The van der Waals surface area contributed by atoms with Gasteiger partial charge < -0.3 is 10.6 Å². The van der Waals surface area contributed by atoms with E-state index in [9.17, 15) is 9.59 Å². The molecule has 0 amide bonds. The normalized spacial score (nSPS) is 10.5. The summed E-state index contributed by atoms with van der Waals surface area (Å²) in [6, 6.07) is 8.74. The van der Waals surface area contributed by atoms with Crippen LogP contribution < -0.4 is 17.0 Å². The van der Waals surface area contributed by atoms with Gasteiger partial charge in [0.2, 0.25) is 0 Å². The Morgan fingerprint density at radius 1 is 1.00 bits per heavy atom. The summed E-state index contributed by atoms with van der Waals surface area (Å²) in [5.41, 5.74) is 6.73. The molecule has 1 aromatic carbocycles. The monoisotopic (exact) mass is 360 g/mol. The molecular weight excluding hydrogens is 328 g/mol. The van der Waals surface area contributed by atoms with Crippen LogP contribution in [0.1, 0.15) is 39.7 Å². The van der Waals surface area contributed by atoms with Gasteiger partial charge in [-0.3, -0.25) is 9.36 Å². The summed E-state index contributed by atoms with van der Waals surface area (Å²) in [6.07, 6.45) is 0.715. The molecule has 0 saturated carbocycles. The Kier molecular flexibility index (Phi) is 8.85. The second-order valence-corrected chi connectivity index (χ2v) is 6.08. The van der Waals surface area contributed by atoms with Gasteiger partial charge >= 0.3 is 5.69 Å². The highest BCUT2D eigenvalue weighted by Crippen LogP contribution is 2.13. The molecule has 0 unspecified atom stereocenters. The lowest BCUT2D eigenvalue weighted by Gasteiger charge is -2.14. The number of rotatable bonds is 6. The number of benzene rings is 1. The van der Waals surface area contributed by atoms with Crippen LogP contribution in [0.15, 0.2) is 39.9 Å². The smallest absolute Gasteiger partial charge is 0.337 e. The van der Waals surface area contributed by atoms with Crippen molar-refractivity contribution >= 4 is 5.82 Å². The molecular formula is C20H32N4O2. The van der Waals surface area contributed by atoms with Crippen molar-refractivity contribution in [2.45, 2.75) is 47.6 Å². The van der Waals surface area contributed by atoms with Gasteiger partial charge in [0.25, 0.3) is 5.56 Å². The topological polar surface area (TPSA) is 73.3 Å². The third kappa shape index (κ3) is 5.33. The average Bonchev–Trinajstić information content (AvgIpc) is 2.62. The van der Waals surface area contributed by atoms with Crippen molar-refractivity contribution in [2.75, 3.05) is 25.4 Å². The molecule has 26 heavy (non-hydrogen) atoms. The minimum absolute atomic E-state index is 0.164. The first-order chi connectivity index (χ1) is 12.4. The lowest BCUT2D eigenvalue weighted by Crippen LogP contribution is -2.40. The zero-order valence-corrected chi connectivity index (χ0v) is 16.7. The molecule has 2 N–H and O–H groups in total. The molecule has 144 valence electrons. The van der Waals surface area contributed by atoms with Crippen molar-refractivity contribution in [2.24, 2.45) is 0 Å². The van der Waals surface area contributed by atoms with Crippen molar-refractivity contribution < 1.29 is 0 Å². The van der Waals surface area contributed by atoms with E-state index < -0.39 is 0 Å². The molecule has 0 bridgehead atoms. The largest absolute Gasteiger partial charge is 0.385 e. The van der Waals surface area contributed by atoms with Crippen LogP contribution in [0, 0.1) is 6.92 Å². The van der Waals surface area contributed by atoms with Crippen LogP contribution in [0.3, 0.4) is 0 Å². The zero-order valence-electron chi connectivity index (χ0n) is 16.7. The van der Waals surface area contributed by atoms with Crippen LogP contribution in [0.2, 0.25) is 0 Å². The van der Waals surface area contributed by atoms with E-state index in [2.05, 4.69) is 25.7 Å². The van der Waals surface area contributed by atoms with Gasteiger partial charge in [-0.1, -0.05) is 45.9 Å². The van der Waals surface area contributed by atoms with Crippen molar-refractivity contribution in [3.63, 3.8) is 0 Å². The summed E-state index contributed by atoms with van der Waals surface area (Å²) >= 11 is 0. The van der Waals surface area contributed by atoms with Gasteiger partial charge in [0.1, 0.15) is 5.82 Å². The molecule has 0 spiro atoms. The van der Waals surface area contributed by atoms with E-state index in [0.29, 0.717) is 18.7 Å². The Hall–Kier alpha value is -2.34. The summed E-state index contributed by atoms with van der Waals surface area (Å²) in [5.74, 6) is 0.164. The Morgan fingerprint density at radius 2 is 1.58 bits per heavy atom. The maximum atomic E-state index is 12.4. The van der Waals surface area contributed by atoms with Crippen molar-refractivity contribution in [1.29, 1.82) is 0 Å². The van der Waals surface area contributed by atoms with Gasteiger partial charge in [0.05, 0.1) is 5.69 Å². The number of aromatic nitrogens is 2. The lowest BCUT2D eigenvalue weighted by molar-refractivity contribution is 0.321. The summed E-state index contributed by atoms with van der Waals surface area (Å²) < 4.78 is 2.59. The third-order valence-electron chi connectivity index (χ3n) is 4.36. The van der Waals surface area contributed by atoms with E-state index in [0.717, 1.165) is 5.56 Å². The Morgan fingerprint density at radius 3 is 2.04 bits per heavy atom. The van der Waals surface area contributed by atoms with Gasteiger partial charge in [-0.2, -0.15) is 0 Å². The van der Waals surface area contributed by atoms with Crippen molar-refractivity contribution in [1.82, 2.24) is 14.0 Å². The SMILES string of the molecule is CCCn1c(=O)cc(N)n(-c2ccccc2C)c1=O.CCN(CC)CC. The summed E-state index contributed by atoms with van der Waals surface area (Å²) in [6.45, 7) is 14.3. The van der Waals surface area contributed by atoms with Gasteiger partial charge in [0, 0.05) is 12.6 Å². The molecule has 0 radical (unpaired) electrons. The first kappa shape index (κ1) is 21.7. The predicted molar refractivity (Wildman–Crippen MR) is 109 cm³/mol. The van der Waals surface area contributed by atoms with Gasteiger partial charge in [-0.25, -0.2) is 9.36 Å². The molecule has 0 fully saturated rings. The van der Waals surface area contributed by atoms with E-state index in [1.54, 1.807) is 0 Å². The quantitative estimate of drug-likeness (QED) is 0.859. The highest BCUT2D eigenvalue weighted by molar-refractivity contribution is 5.46. The number of hydrogen-bond acceptors (Lipinski definition) is 4. The van der Waals surface area contributed by atoms with E-state index in [1.807, 2.05) is 38.1 Å². The molecule has 1 heterocycles. The highest BCUT2D eigenvalue weighted by atomic mass is 16.2. The number of hydrogen-bond donors (Lipinski definition) is 1. The van der Waals surface area contributed by atoms with Gasteiger partial charge in [-0.15, -0.1) is 0 Å². The number of aryl methyl sites for hydroxylation is 1. The summed E-state index contributed by atoms with van der Waals surface area (Å²) in [4.78, 5) is 26.6. The van der Waals surface area contributed by atoms with E-state index in [4.69, 9.17) is 5.73 Å².